The topological polar surface area (TPSA) is 55.8 Å². The van der Waals surface area contributed by atoms with Crippen LogP contribution in [-0.4, -0.2) is 24.8 Å². The molecule has 0 atom stereocenters. The van der Waals surface area contributed by atoms with Gasteiger partial charge in [0.1, 0.15) is 0 Å². The number of methoxy groups -OCH3 is 1. The molecule has 0 saturated heterocycles. The fraction of sp³-hybridized carbons (Fsp3) is 0.222. The number of rotatable bonds is 4. The zero-order valence-electron chi connectivity index (χ0n) is 7.79. The maximum Gasteiger partial charge on any atom is 0.341 e. The standard InChI is InChI=1S/C9H8Cl2O4/c1-14-8-5(10)2-3-6(11)9(8)15-4-7(12)13/h2-3H,4H2,1H3,(H,12,13). The van der Waals surface area contributed by atoms with Crippen LogP contribution in [0.15, 0.2) is 12.1 Å². The molecular weight excluding hydrogens is 243 g/mol. The van der Waals surface area contributed by atoms with Gasteiger partial charge in [-0.2, -0.15) is 0 Å². The summed E-state index contributed by atoms with van der Waals surface area (Å²) in [6.07, 6.45) is 0. The Morgan fingerprint density at radius 3 is 2.33 bits per heavy atom. The van der Waals surface area contributed by atoms with Crippen LogP contribution >= 0.6 is 23.2 Å². The molecule has 6 heteroatoms. The summed E-state index contributed by atoms with van der Waals surface area (Å²) in [5.74, 6) is -0.743. The molecule has 1 aromatic carbocycles. The summed E-state index contributed by atoms with van der Waals surface area (Å²) >= 11 is 11.6. The quantitative estimate of drug-likeness (QED) is 0.892. The molecule has 82 valence electrons. The Morgan fingerprint density at radius 1 is 1.33 bits per heavy atom. The van der Waals surface area contributed by atoms with Gasteiger partial charge in [-0.05, 0) is 12.1 Å². The predicted octanol–water partition coefficient (Wildman–Crippen LogP) is 2.47. The van der Waals surface area contributed by atoms with Gasteiger partial charge in [0.15, 0.2) is 18.1 Å². The molecule has 0 unspecified atom stereocenters. The third kappa shape index (κ3) is 2.91. The van der Waals surface area contributed by atoms with E-state index in [1.54, 1.807) is 0 Å². The van der Waals surface area contributed by atoms with E-state index in [-0.39, 0.29) is 16.5 Å². The van der Waals surface area contributed by atoms with Crippen molar-refractivity contribution in [2.24, 2.45) is 0 Å². The number of carbonyl (C=O) groups is 1. The highest BCUT2D eigenvalue weighted by Crippen LogP contribution is 2.40. The van der Waals surface area contributed by atoms with Crippen molar-refractivity contribution in [1.29, 1.82) is 0 Å². The monoisotopic (exact) mass is 250 g/mol. The van der Waals surface area contributed by atoms with Crippen LogP contribution in [0.1, 0.15) is 0 Å². The van der Waals surface area contributed by atoms with E-state index in [0.29, 0.717) is 5.02 Å². The minimum absolute atomic E-state index is 0.133. The van der Waals surface area contributed by atoms with Crippen LogP contribution in [-0.2, 0) is 4.79 Å². The molecule has 0 aliphatic rings. The Morgan fingerprint density at radius 2 is 1.87 bits per heavy atom. The fourth-order valence-corrected chi connectivity index (χ4v) is 1.40. The first-order valence-electron chi connectivity index (χ1n) is 3.93. The molecule has 15 heavy (non-hydrogen) atoms. The number of benzene rings is 1. The van der Waals surface area contributed by atoms with Gasteiger partial charge in [0.25, 0.3) is 0 Å². The summed E-state index contributed by atoms with van der Waals surface area (Å²) in [4.78, 5) is 10.3. The number of carboxylic acid groups (broad SMARTS) is 1. The van der Waals surface area contributed by atoms with Crippen molar-refractivity contribution >= 4 is 29.2 Å². The molecule has 0 radical (unpaired) electrons. The highest BCUT2D eigenvalue weighted by molar-refractivity contribution is 6.35. The highest BCUT2D eigenvalue weighted by Gasteiger charge is 2.14. The van der Waals surface area contributed by atoms with Crippen LogP contribution in [0.25, 0.3) is 0 Å². The summed E-state index contributed by atoms with van der Waals surface area (Å²) in [5.41, 5.74) is 0. The molecular formula is C9H8Cl2O4. The van der Waals surface area contributed by atoms with Gasteiger partial charge in [0.05, 0.1) is 17.2 Å². The highest BCUT2D eigenvalue weighted by atomic mass is 35.5. The summed E-state index contributed by atoms with van der Waals surface area (Å²) in [6, 6.07) is 3.04. The molecule has 0 saturated carbocycles. The van der Waals surface area contributed by atoms with Gasteiger partial charge in [-0.15, -0.1) is 0 Å². The number of ether oxygens (including phenoxy) is 2. The van der Waals surface area contributed by atoms with Crippen LogP contribution in [0.5, 0.6) is 11.5 Å². The third-order valence-electron chi connectivity index (χ3n) is 1.56. The van der Waals surface area contributed by atoms with Crippen molar-refractivity contribution in [3.05, 3.63) is 22.2 Å². The zero-order valence-corrected chi connectivity index (χ0v) is 9.30. The SMILES string of the molecule is COc1c(Cl)ccc(Cl)c1OCC(=O)O. The first-order chi connectivity index (χ1) is 7.06. The van der Waals surface area contributed by atoms with Crippen LogP contribution < -0.4 is 9.47 Å². The normalized spacial score (nSPS) is 9.80. The molecule has 0 aliphatic carbocycles. The fourth-order valence-electron chi connectivity index (χ4n) is 0.973. The van der Waals surface area contributed by atoms with Gasteiger partial charge in [0.2, 0.25) is 0 Å². The first kappa shape index (κ1) is 11.9. The van der Waals surface area contributed by atoms with Crippen molar-refractivity contribution in [1.82, 2.24) is 0 Å². The molecule has 0 spiro atoms. The van der Waals surface area contributed by atoms with Crippen LogP contribution in [0, 0.1) is 0 Å². The molecule has 0 fully saturated rings. The Balaban J connectivity index is 3.02. The Labute approximate surface area is 96.3 Å². The molecule has 1 aromatic rings. The van der Waals surface area contributed by atoms with E-state index in [2.05, 4.69) is 0 Å². The summed E-state index contributed by atoms with van der Waals surface area (Å²) < 4.78 is 9.92. The van der Waals surface area contributed by atoms with Crippen molar-refractivity contribution in [3.8, 4) is 11.5 Å². The lowest BCUT2D eigenvalue weighted by atomic mass is 10.3. The third-order valence-corrected chi connectivity index (χ3v) is 2.16. The molecule has 0 aliphatic heterocycles. The summed E-state index contributed by atoms with van der Waals surface area (Å²) in [6.45, 7) is -0.504. The lowest BCUT2D eigenvalue weighted by Crippen LogP contribution is -2.10. The largest absolute Gasteiger partial charge is 0.491 e. The van der Waals surface area contributed by atoms with E-state index < -0.39 is 12.6 Å². The second-order valence-electron chi connectivity index (χ2n) is 2.57. The van der Waals surface area contributed by atoms with E-state index in [0.717, 1.165) is 0 Å². The molecule has 0 heterocycles. The Kier molecular flexibility index (Phi) is 4.05. The number of halogens is 2. The smallest absolute Gasteiger partial charge is 0.341 e. The summed E-state index contributed by atoms with van der Waals surface area (Å²) in [5, 5.41) is 9.01. The average Bonchev–Trinajstić information content (AvgIpc) is 2.19. The second kappa shape index (κ2) is 5.09. The minimum atomic E-state index is -1.10. The van der Waals surface area contributed by atoms with E-state index in [4.69, 9.17) is 37.8 Å². The van der Waals surface area contributed by atoms with Gasteiger partial charge in [-0.1, -0.05) is 23.2 Å². The zero-order chi connectivity index (χ0) is 11.4. The van der Waals surface area contributed by atoms with E-state index in [9.17, 15) is 4.79 Å². The minimum Gasteiger partial charge on any atom is -0.491 e. The van der Waals surface area contributed by atoms with E-state index in [1.807, 2.05) is 0 Å². The molecule has 4 nitrogen and oxygen atoms in total. The molecule has 0 amide bonds. The van der Waals surface area contributed by atoms with Gasteiger partial charge >= 0.3 is 5.97 Å². The van der Waals surface area contributed by atoms with Crippen LogP contribution in [0.3, 0.4) is 0 Å². The van der Waals surface area contributed by atoms with Crippen molar-refractivity contribution in [2.75, 3.05) is 13.7 Å². The maximum absolute atomic E-state index is 10.3. The lowest BCUT2D eigenvalue weighted by molar-refractivity contribution is -0.139. The van der Waals surface area contributed by atoms with Gasteiger partial charge in [-0.25, -0.2) is 4.79 Å². The van der Waals surface area contributed by atoms with Crippen molar-refractivity contribution in [2.45, 2.75) is 0 Å². The average molecular weight is 251 g/mol. The van der Waals surface area contributed by atoms with Crippen molar-refractivity contribution in [3.63, 3.8) is 0 Å². The molecule has 1 N–H and O–H groups in total. The van der Waals surface area contributed by atoms with Crippen LogP contribution in [0.2, 0.25) is 10.0 Å². The number of hydrogen-bond acceptors (Lipinski definition) is 3. The second-order valence-corrected chi connectivity index (χ2v) is 3.39. The Hall–Kier alpha value is -1.13. The lowest BCUT2D eigenvalue weighted by Gasteiger charge is -2.11. The number of carboxylic acids is 1. The van der Waals surface area contributed by atoms with Gasteiger partial charge in [0, 0.05) is 0 Å². The van der Waals surface area contributed by atoms with E-state index >= 15 is 0 Å². The molecule has 1 rings (SSSR count). The molecule has 0 bridgehead atoms. The predicted molar refractivity (Wildman–Crippen MR) is 56.1 cm³/mol. The number of hydrogen-bond donors (Lipinski definition) is 1. The van der Waals surface area contributed by atoms with Gasteiger partial charge in [-0.3, -0.25) is 0 Å². The first-order valence-corrected chi connectivity index (χ1v) is 4.68. The Bertz CT molecular complexity index is 379. The number of aliphatic carboxylic acids is 1. The van der Waals surface area contributed by atoms with Gasteiger partial charge < -0.3 is 14.6 Å². The summed E-state index contributed by atoms with van der Waals surface area (Å²) in [7, 11) is 1.39. The van der Waals surface area contributed by atoms with E-state index in [1.165, 1.54) is 19.2 Å². The van der Waals surface area contributed by atoms with Crippen LogP contribution in [0.4, 0.5) is 0 Å². The maximum atomic E-state index is 10.3. The van der Waals surface area contributed by atoms with Crippen molar-refractivity contribution < 1.29 is 19.4 Å². The molecule has 0 aromatic heterocycles.